The van der Waals surface area contributed by atoms with Crippen LogP contribution in [0.15, 0.2) is 52.2 Å². The van der Waals surface area contributed by atoms with Gasteiger partial charge < -0.3 is 15.6 Å². The highest BCUT2D eigenvalue weighted by Gasteiger charge is 2.11. The average Bonchev–Trinajstić information content (AvgIpc) is 2.79. The topological polar surface area (TPSA) is 74.0 Å². The zero-order valence-electron chi connectivity index (χ0n) is 19.3. The molecule has 3 N–H and O–H groups in total. The van der Waals surface area contributed by atoms with Crippen LogP contribution in [0.5, 0.6) is 0 Å². The zero-order valence-corrected chi connectivity index (χ0v) is 21.8. The Hall–Kier alpha value is -2.03. The number of fused-ring (bicyclic) bond motifs is 1. The summed E-state index contributed by atoms with van der Waals surface area (Å²) in [5, 5.41) is 7.32. The van der Waals surface area contributed by atoms with Crippen LogP contribution in [-0.2, 0) is 4.79 Å². The van der Waals surface area contributed by atoms with Crippen LogP contribution in [0.2, 0.25) is 0 Å². The number of hydrogen-bond donors (Lipinski definition) is 3. The third kappa shape index (κ3) is 7.48. The molecule has 1 aromatic heterocycles. The van der Waals surface area contributed by atoms with Crippen molar-refractivity contribution in [1.82, 2.24) is 4.98 Å². The maximum atomic E-state index is 12.4. The molecule has 0 saturated carbocycles. The summed E-state index contributed by atoms with van der Waals surface area (Å²) in [6.07, 6.45) is 6.54. The fourth-order valence-corrected chi connectivity index (χ4v) is 5.62. The van der Waals surface area contributed by atoms with E-state index >= 15 is 0 Å². The van der Waals surface area contributed by atoms with Crippen molar-refractivity contribution in [3.8, 4) is 11.1 Å². The van der Waals surface area contributed by atoms with E-state index in [9.17, 15) is 9.59 Å². The van der Waals surface area contributed by atoms with Crippen LogP contribution in [0.1, 0.15) is 19.8 Å². The van der Waals surface area contributed by atoms with E-state index in [-0.39, 0.29) is 11.5 Å². The van der Waals surface area contributed by atoms with E-state index in [1.165, 1.54) is 11.8 Å². The Morgan fingerprint density at radius 3 is 2.52 bits per heavy atom. The number of amides is 1. The standard InChI is InChI=1S/C25H31N3O2S3/c1-17(29)27-19-7-8-20-21(16-25(30)28-23(20)15-19)18-6-9-22(26-10-4-11-31-2)24(14-18)33-13-5-12-32-3/h6-9,14-16,26H,4-5,10-13H2,1-3H3,(H,27,29)(H,28,30). The summed E-state index contributed by atoms with van der Waals surface area (Å²) < 4.78 is 0. The summed E-state index contributed by atoms with van der Waals surface area (Å²) in [7, 11) is 0. The van der Waals surface area contributed by atoms with E-state index in [1.807, 2.05) is 47.4 Å². The summed E-state index contributed by atoms with van der Waals surface area (Å²) in [5.74, 6) is 3.20. The SMILES string of the molecule is CSCCCNc1ccc(-c2cc(=O)[nH]c3cc(NC(C)=O)ccc23)cc1SCCCSC. The maximum Gasteiger partial charge on any atom is 0.249 e. The second kappa shape index (κ2) is 13.0. The summed E-state index contributed by atoms with van der Waals surface area (Å²) >= 11 is 5.60. The van der Waals surface area contributed by atoms with Crippen molar-refractivity contribution in [2.24, 2.45) is 0 Å². The Kier molecular flexibility index (Phi) is 10.1. The Bertz CT molecular complexity index is 1150. The van der Waals surface area contributed by atoms with Gasteiger partial charge in [0.05, 0.1) is 5.52 Å². The second-order valence-electron chi connectivity index (χ2n) is 7.67. The normalized spacial score (nSPS) is 11.0. The van der Waals surface area contributed by atoms with Gasteiger partial charge in [-0.15, -0.1) is 11.8 Å². The number of aromatic amines is 1. The Balaban J connectivity index is 1.96. The second-order valence-corrected chi connectivity index (χ2v) is 10.8. The molecule has 0 aliphatic heterocycles. The number of aromatic nitrogens is 1. The molecule has 0 radical (unpaired) electrons. The lowest BCUT2D eigenvalue weighted by molar-refractivity contribution is -0.114. The van der Waals surface area contributed by atoms with Gasteiger partial charge in [0.25, 0.3) is 0 Å². The van der Waals surface area contributed by atoms with Gasteiger partial charge in [-0.2, -0.15) is 23.5 Å². The van der Waals surface area contributed by atoms with Gasteiger partial charge in [0.2, 0.25) is 11.5 Å². The molecule has 3 aromatic rings. The molecule has 3 rings (SSSR count). The maximum absolute atomic E-state index is 12.4. The van der Waals surface area contributed by atoms with E-state index in [0.29, 0.717) is 11.2 Å². The molecule has 0 fully saturated rings. The summed E-state index contributed by atoms with van der Waals surface area (Å²) in [6, 6.07) is 13.7. The van der Waals surface area contributed by atoms with Crippen LogP contribution < -0.4 is 16.2 Å². The molecule has 0 saturated heterocycles. The lowest BCUT2D eigenvalue weighted by atomic mass is 10.0. The molecule has 1 amide bonds. The highest BCUT2D eigenvalue weighted by molar-refractivity contribution is 8.00. The quantitative estimate of drug-likeness (QED) is 0.204. The van der Waals surface area contributed by atoms with Crippen LogP contribution in [0.4, 0.5) is 11.4 Å². The zero-order chi connectivity index (χ0) is 23.6. The molecule has 0 spiro atoms. The summed E-state index contributed by atoms with van der Waals surface area (Å²) in [5.41, 5.74) is 4.26. The van der Waals surface area contributed by atoms with Crippen molar-refractivity contribution in [3.05, 3.63) is 52.8 Å². The van der Waals surface area contributed by atoms with Gasteiger partial charge in [-0.05, 0) is 78.0 Å². The van der Waals surface area contributed by atoms with Gasteiger partial charge in [0.1, 0.15) is 0 Å². The monoisotopic (exact) mass is 501 g/mol. The van der Waals surface area contributed by atoms with Crippen LogP contribution >= 0.6 is 35.3 Å². The number of hydrogen-bond acceptors (Lipinski definition) is 6. The number of thioether (sulfide) groups is 3. The smallest absolute Gasteiger partial charge is 0.249 e. The van der Waals surface area contributed by atoms with Crippen molar-refractivity contribution in [2.45, 2.75) is 24.7 Å². The molecule has 8 heteroatoms. The van der Waals surface area contributed by atoms with E-state index in [4.69, 9.17) is 0 Å². The number of carbonyl (C=O) groups excluding carboxylic acids is 1. The summed E-state index contributed by atoms with van der Waals surface area (Å²) in [4.78, 5) is 28.0. The minimum atomic E-state index is -0.161. The van der Waals surface area contributed by atoms with Crippen molar-refractivity contribution in [2.75, 3.05) is 46.9 Å². The van der Waals surface area contributed by atoms with E-state index in [1.54, 1.807) is 12.1 Å². The molecule has 0 aliphatic rings. The average molecular weight is 502 g/mol. The van der Waals surface area contributed by atoms with Gasteiger partial charge in [-0.1, -0.05) is 12.1 Å². The molecule has 33 heavy (non-hydrogen) atoms. The van der Waals surface area contributed by atoms with Gasteiger partial charge in [-0.3, -0.25) is 9.59 Å². The van der Waals surface area contributed by atoms with Crippen LogP contribution in [0.25, 0.3) is 22.0 Å². The highest BCUT2D eigenvalue weighted by Crippen LogP contribution is 2.35. The third-order valence-electron chi connectivity index (χ3n) is 5.05. The van der Waals surface area contributed by atoms with Crippen molar-refractivity contribution >= 4 is 63.5 Å². The molecule has 0 aliphatic carbocycles. The molecule has 2 aromatic carbocycles. The molecule has 5 nitrogen and oxygen atoms in total. The van der Waals surface area contributed by atoms with E-state index in [0.717, 1.165) is 58.8 Å². The van der Waals surface area contributed by atoms with E-state index in [2.05, 4.69) is 46.3 Å². The Morgan fingerprint density at radius 1 is 0.970 bits per heavy atom. The molecule has 0 atom stereocenters. The minimum absolute atomic E-state index is 0.142. The fourth-order valence-electron chi connectivity index (χ4n) is 3.56. The van der Waals surface area contributed by atoms with Crippen LogP contribution in [-0.4, -0.2) is 47.2 Å². The predicted octanol–water partition coefficient (Wildman–Crippen LogP) is 6.16. The molecule has 176 valence electrons. The first-order chi connectivity index (χ1) is 16.0. The number of nitrogens with one attached hydrogen (secondary N) is 3. The lowest BCUT2D eigenvalue weighted by Gasteiger charge is -2.15. The molecule has 0 bridgehead atoms. The van der Waals surface area contributed by atoms with Gasteiger partial charge in [-0.25, -0.2) is 0 Å². The number of anilines is 2. The number of pyridine rings is 1. The largest absolute Gasteiger partial charge is 0.384 e. The first kappa shape index (κ1) is 25.6. The number of carbonyl (C=O) groups is 1. The fraction of sp³-hybridized carbons (Fsp3) is 0.360. The number of H-pyrrole nitrogens is 1. The van der Waals surface area contributed by atoms with Crippen LogP contribution in [0, 0.1) is 0 Å². The van der Waals surface area contributed by atoms with Gasteiger partial charge >= 0.3 is 0 Å². The Labute approximate surface area is 208 Å². The lowest BCUT2D eigenvalue weighted by Crippen LogP contribution is -2.08. The predicted molar refractivity (Wildman–Crippen MR) is 150 cm³/mol. The van der Waals surface area contributed by atoms with Crippen molar-refractivity contribution in [1.29, 1.82) is 0 Å². The van der Waals surface area contributed by atoms with Gasteiger partial charge in [0, 0.05) is 41.2 Å². The highest BCUT2D eigenvalue weighted by atomic mass is 32.2. The number of benzene rings is 2. The van der Waals surface area contributed by atoms with Gasteiger partial charge in [0.15, 0.2) is 0 Å². The molecule has 1 heterocycles. The summed E-state index contributed by atoms with van der Waals surface area (Å²) in [6.45, 7) is 2.41. The molecular formula is C25H31N3O2S3. The first-order valence-corrected chi connectivity index (χ1v) is 14.7. The third-order valence-corrected chi connectivity index (χ3v) is 7.58. The van der Waals surface area contributed by atoms with Crippen molar-refractivity contribution in [3.63, 3.8) is 0 Å². The number of rotatable bonds is 12. The Morgan fingerprint density at radius 2 is 1.76 bits per heavy atom. The van der Waals surface area contributed by atoms with Crippen molar-refractivity contribution < 1.29 is 4.79 Å². The molecular weight excluding hydrogens is 470 g/mol. The van der Waals surface area contributed by atoms with Crippen LogP contribution in [0.3, 0.4) is 0 Å². The van der Waals surface area contributed by atoms with E-state index < -0.39 is 0 Å². The molecule has 0 unspecified atom stereocenters. The first-order valence-electron chi connectivity index (χ1n) is 11.0. The minimum Gasteiger partial charge on any atom is -0.384 e.